The molecule has 0 amide bonds. The molecule has 0 aliphatic rings. The quantitative estimate of drug-likeness (QED) is 0.464. The Bertz CT molecular complexity index is 906. The van der Waals surface area contributed by atoms with Gasteiger partial charge in [-0.05, 0) is 30.3 Å². The summed E-state index contributed by atoms with van der Waals surface area (Å²) < 4.78 is 84.2. The Morgan fingerprint density at radius 2 is 1.68 bits per heavy atom. The number of esters is 1. The normalized spacial score (nSPS) is 11.9. The van der Waals surface area contributed by atoms with Gasteiger partial charge in [0.1, 0.15) is 10.6 Å². The molecule has 0 unspecified atom stereocenters. The van der Waals surface area contributed by atoms with Crippen molar-refractivity contribution in [3.8, 4) is 11.5 Å². The molecule has 0 radical (unpaired) electrons. The van der Waals surface area contributed by atoms with Crippen LogP contribution in [0.15, 0.2) is 47.4 Å². The second kappa shape index (κ2) is 6.71. The first-order valence-electron chi connectivity index (χ1n) is 6.54. The van der Waals surface area contributed by atoms with E-state index in [1.165, 1.54) is 13.2 Å². The molecule has 0 saturated carbocycles. The highest BCUT2D eigenvalue weighted by molar-refractivity contribution is 7.92. The molecule has 2 rings (SSSR count). The van der Waals surface area contributed by atoms with Crippen molar-refractivity contribution in [1.82, 2.24) is 0 Å². The highest BCUT2D eigenvalue weighted by Crippen LogP contribution is 2.35. The van der Waals surface area contributed by atoms with Crippen molar-refractivity contribution in [3.63, 3.8) is 0 Å². The maximum Gasteiger partial charge on any atom is 0.502 e. The smallest absolute Gasteiger partial charge is 0.494 e. The lowest BCUT2D eigenvalue weighted by Crippen LogP contribution is -2.24. The first kappa shape index (κ1) is 18.7. The average Bonchev–Trinajstić information content (AvgIpc) is 2.54. The summed E-state index contributed by atoms with van der Waals surface area (Å²) in [5, 5.41) is 0. The van der Waals surface area contributed by atoms with Gasteiger partial charge in [-0.25, -0.2) is 17.6 Å². The number of hydrogen-bond acceptors (Lipinski definition) is 5. The maximum absolute atomic E-state index is 13.6. The molecule has 0 N–H and O–H groups in total. The third-order valence-corrected chi connectivity index (χ3v) is 4.56. The molecular weight excluding hydrogens is 368 g/mol. The summed E-state index contributed by atoms with van der Waals surface area (Å²) in [4.78, 5) is 10.8. The van der Waals surface area contributed by atoms with E-state index in [4.69, 9.17) is 4.74 Å². The van der Waals surface area contributed by atoms with E-state index in [1.807, 2.05) is 0 Å². The van der Waals surface area contributed by atoms with E-state index in [0.29, 0.717) is 6.07 Å². The second-order valence-electron chi connectivity index (χ2n) is 4.63. The van der Waals surface area contributed by atoms with E-state index in [9.17, 15) is 30.8 Å². The van der Waals surface area contributed by atoms with Crippen LogP contribution in [0.1, 0.15) is 10.4 Å². The fourth-order valence-corrected chi connectivity index (χ4v) is 2.71. The minimum absolute atomic E-state index is 0.156. The summed E-state index contributed by atoms with van der Waals surface area (Å²) in [6.45, 7) is 0. The van der Waals surface area contributed by atoms with Crippen LogP contribution in [0.5, 0.6) is 11.5 Å². The molecule has 0 fully saturated rings. The monoisotopic (exact) mass is 378 g/mol. The van der Waals surface area contributed by atoms with Gasteiger partial charge in [-0.15, -0.1) is 0 Å². The van der Waals surface area contributed by atoms with Crippen LogP contribution in [0, 0.1) is 5.82 Å². The minimum atomic E-state index is -5.73. The summed E-state index contributed by atoms with van der Waals surface area (Å²) in [5.41, 5.74) is -5.90. The molecule has 0 heterocycles. The molecule has 0 aromatic heterocycles. The lowest BCUT2D eigenvalue weighted by atomic mass is 10.2. The number of ether oxygens (including phenoxy) is 2. The lowest BCUT2D eigenvalue weighted by Gasteiger charge is -2.12. The molecule has 0 spiro atoms. The van der Waals surface area contributed by atoms with Gasteiger partial charge in [0.15, 0.2) is 11.6 Å². The van der Waals surface area contributed by atoms with Crippen LogP contribution in [0.2, 0.25) is 0 Å². The van der Waals surface area contributed by atoms with Crippen molar-refractivity contribution in [3.05, 3.63) is 53.8 Å². The summed E-state index contributed by atoms with van der Waals surface area (Å²) in [6.07, 6.45) is 0. The number of hydrogen-bond donors (Lipinski definition) is 0. The maximum atomic E-state index is 13.6. The Labute approximate surface area is 139 Å². The van der Waals surface area contributed by atoms with Gasteiger partial charge in [0, 0.05) is 0 Å². The number of sulfone groups is 1. The zero-order chi connectivity index (χ0) is 18.8. The molecule has 25 heavy (non-hydrogen) atoms. The van der Waals surface area contributed by atoms with Crippen molar-refractivity contribution in [2.75, 3.05) is 7.11 Å². The topological polar surface area (TPSA) is 69.7 Å². The van der Waals surface area contributed by atoms with Gasteiger partial charge < -0.3 is 9.47 Å². The highest BCUT2D eigenvalue weighted by Gasteiger charge is 2.48. The van der Waals surface area contributed by atoms with Crippen LogP contribution >= 0.6 is 0 Å². The van der Waals surface area contributed by atoms with E-state index in [-0.39, 0.29) is 11.3 Å². The second-order valence-corrected chi connectivity index (χ2v) is 6.54. The zero-order valence-electron chi connectivity index (χ0n) is 12.5. The standard InChI is InChI=1S/C15H10F4O5S/c1-23-11-7-6-9(8-10(11)16)14(20)24-12-4-2-3-5-13(12)25(21,22)15(17,18)19/h2-8H,1H3. The molecule has 5 nitrogen and oxygen atoms in total. The number of benzene rings is 2. The number of methoxy groups -OCH3 is 1. The van der Waals surface area contributed by atoms with E-state index in [2.05, 4.69) is 4.74 Å². The largest absolute Gasteiger partial charge is 0.502 e. The molecule has 2 aromatic carbocycles. The lowest BCUT2D eigenvalue weighted by molar-refractivity contribution is -0.0437. The van der Waals surface area contributed by atoms with Gasteiger partial charge in [-0.1, -0.05) is 12.1 Å². The van der Waals surface area contributed by atoms with Crippen molar-refractivity contribution in [2.45, 2.75) is 10.4 Å². The minimum Gasteiger partial charge on any atom is -0.494 e. The molecular formula is C15H10F4O5S. The Balaban J connectivity index is 2.39. The molecule has 0 bridgehead atoms. The third-order valence-electron chi connectivity index (χ3n) is 3.03. The van der Waals surface area contributed by atoms with Gasteiger partial charge in [-0.2, -0.15) is 13.2 Å². The van der Waals surface area contributed by atoms with Gasteiger partial charge in [-0.3, -0.25) is 0 Å². The molecule has 134 valence electrons. The van der Waals surface area contributed by atoms with Crippen LogP contribution in [0.3, 0.4) is 0 Å². The van der Waals surface area contributed by atoms with Crippen LogP contribution < -0.4 is 9.47 Å². The van der Waals surface area contributed by atoms with E-state index < -0.39 is 37.8 Å². The predicted molar refractivity (Wildman–Crippen MR) is 77.6 cm³/mol. The number of para-hydroxylation sites is 1. The van der Waals surface area contributed by atoms with Crippen LogP contribution in [0.25, 0.3) is 0 Å². The van der Waals surface area contributed by atoms with E-state index in [0.717, 1.165) is 30.3 Å². The molecule has 0 saturated heterocycles. The molecule has 0 aliphatic heterocycles. The SMILES string of the molecule is COc1ccc(C(=O)Oc2ccccc2S(=O)(=O)C(F)(F)F)cc1F. The zero-order valence-corrected chi connectivity index (χ0v) is 13.3. The molecule has 0 aliphatic carbocycles. The third kappa shape index (κ3) is 3.73. The predicted octanol–water partition coefficient (Wildman–Crippen LogP) is 3.35. The fourth-order valence-electron chi connectivity index (χ4n) is 1.83. The Morgan fingerprint density at radius 1 is 1.04 bits per heavy atom. The van der Waals surface area contributed by atoms with Gasteiger partial charge in [0.2, 0.25) is 0 Å². The number of carbonyl (C=O) groups is 1. The van der Waals surface area contributed by atoms with Crippen LogP contribution in [0.4, 0.5) is 17.6 Å². The van der Waals surface area contributed by atoms with Crippen LogP contribution in [-0.2, 0) is 9.84 Å². The first-order chi connectivity index (χ1) is 11.6. The fraction of sp³-hybridized carbons (Fsp3) is 0.133. The van der Waals surface area contributed by atoms with E-state index in [1.54, 1.807) is 0 Å². The summed E-state index contributed by atoms with van der Waals surface area (Å²) >= 11 is 0. The van der Waals surface area contributed by atoms with Crippen molar-refractivity contribution < 1.29 is 40.2 Å². The number of rotatable bonds is 4. The first-order valence-corrected chi connectivity index (χ1v) is 8.02. The summed E-state index contributed by atoms with van der Waals surface area (Å²) in [6, 6.07) is 6.75. The number of alkyl halides is 3. The average molecular weight is 378 g/mol. The van der Waals surface area contributed by atoms with Gasteiger partial charge in [0.25, 0.3) is 9.84 Å². The molecule has 2 aromatic rings. The number of carbonyl (C=O) groups excluding carboxylic acids is 1. The highest BCUT2D eigenvalue weighted by atomic mass is 32.2. The molecule has 10 heteroatoms. The van der Waals surface area contributed by atoms with Crippen molar-refractivity contribution >= 4 is 15.8 Å². The Morgan fingerprint density at radius 3 is 2.24 bits per heavy atom. The Hall–Kier alpha value is -2.62. The number of halogens is 4. The van der Waals surface area contributed by atoms with Crippen molar-refractivity contribution in [1.29, 1.82) is 0 Å². The molecule has 0 atom stereocenters. The van der Waals surface area contributed by atoms with Crippen LogP contribution in [-0.4, -0.2) is 27.0 Å². The van der Waals surface area contributed by atoms with Crippen molar-refractivity contribution in [2.24, 2.45) is 0 Å². The summed E-state index contributed by atoms with van der Waals surface area (Å²) in [7, 11) is -4.52. The van der Waals surface area contributed by atoms with Gasteiger partial charge >= 0.3 is 11.5 Å². The van der Waals surface area contributed by atoms with E-state index >= 15 is 0 Å². The van der Waals surface area contributed by atoms with Gasteiger partial charge in [0.05, 0.1) is 12.7 Å². The Kier molecular flexibility index (Phi) is 5.02. The summed E-state index contributed by atoms with van der Waals surface area (Å²) in [5.74, 6) is -3.10.